The predicted molar refractivity (Wildman–Crippen MR) is 87.5 cm³/mol. The molecule has 0 aliphatic rings. The van der Waals surface area contributed by atoms with Crippen LogP contribution in [0.25, 0.3) is 0 Å². The lowest BCUT2D eigenvalue weighted by molar-refractivity contribution is 0.207. The molecule has 1 N–H and O–H groups in total. The molecule has 0 heterocycles. The van der Waals surface area contributed by atoms with Crippen LogP contribution in [0.4, 0.5) is 14.9 Å². The molecule has 1 unspecified atom stereocenters. The number of halogens is 1. The molecule has 0 radical (unpaired) electrons. The van der Waals surface area contributed by atoms with Crippen molar-refractivity contribution in [3.05, 3.63) is 65.0 Å². The van der Waals surface area contributed by atoms with E-state index in [-0.39, 0.29) is 17.9 Å². The number of hydrogen-bond donors (Lipinski definition) is 1. The van der Waals surface area contributed by atoms with Crippen molar-refractivity contribution < 1.29 is 9.18 Å². The van der Waals surface area contributed by atoms with E-state index >= 15 is 0 Å². The van der Waals surface area contributed by atoms with Crippen LogP contribution in [0.5, 0.6) is 0 Å². The minimum atomic E-state index is -0.355. The molecule has 0 aromatic heterocycles. The second kappa shape index (κ2) is 6.60. The number of carbonyl (C=O) groups is 1. The minimum absolute atomic E-state index is 0.261. The minimum Gasteiger partial charge on any atom is -0.321 e. The van der Waals surface area contributed by atoms with Gasteiger partial charge in [0.05, 0.1) is 6.04 Å². The van der Waals surface area contributed by atoms with Crippen LogP contribution >= 0.6 is 0 Å². The first-order valence-electron chi connectivity index (χ1n) is 7.25. The van der Waals surface area contributed by atoms with Gasteiger partial charge in [-0.2, -0.15) is 0 Å². The van der Waals surface area contributed by atoms with Crippen molar-refractivity contribution in [2.75, 3.05) is 12.4 Å². The Balaban J connectivity index is 2.13. The molecule has 0 spiro atoms. The molecule has 2 amide bonds. The number of hydrogen-bond acceptors (Lipinski definition) is 1. The first-order chi connectivity index (χ1) is 10.4. The molecule has 0 fully saturated rings. The highest BCUT2D eigenvalue weighted by atomic mass is 19.1. The van der Waals surface area contributed by atoms with E-state index < -0.39 is 0 Å². The third kappa shape index (κ3) is 3.45. The predicted octanol–water partition coefficient (Wildman–Crippen LogP) is 4.67. The third-order valence-electron chi connectivity index (χ3n) is 3.88. The maximum Gasteiger partial charge on any atom is 0.322 e. The number of anilines is 1. The Morgan fingerprint density at radius 3 is 2.50 bits per heavy atom. The molecule has 22 heavy (non-hydrogen) atoms. The molecule has 0 saturated heterocycles. The largest absolute Gasteiger partial charge is 0.322 e. The van der Waals surface area contributed by atoms with Gasteiger partial charge in [0.25, 0.3) is 0 Å². The summed E-state index contributed by atoms with van der Waals surface area (Å²) < 4.78 is 13.8. The summed E-state index contributed by atoms with van der Waals surface area (Å²) in [4.78, 5) is 13.9. The number of nitrogens with zero attached hydrogens (tertiary/aromatic N) is 1. The fourth-order valence-corrected chi connectivity index (χ4v) is 2.36. The van der Waals surface area contributed by atoms with Crippen molar-refractivity contribution in [2.24, 2.45) is 0 Å². The topological polar surface area (TPSA) is 32.3 Å². The molecule has 1 atom stereocenters. The number of amides is 2. The van der Waals surface area contributed by atoms with Gasteiger partial charge in [-0.25, -0.2) is 9.18 Å². The van der Waals surface area contributed by atoms with E-state index in [1.807, 2.05) is 32.0 Å². The van der Waals surface area contributed by atoms with Crippen LogP contribution in [-0.2, 0) is 0 Å². The van der Waals surface area contributed by atoms with E-state index in [1.165, 1.54) is 11.0 Å². The Morgan fingerprint density at radius 2 is 1.86 bits per heavy atom. The number of benzene rings is 2. The monoisotopic (exact) mass is 300 g/mol. The van der Waals surface area contributed by atoms with Gasteiger partial charge in [0.1, 0.15) is 5.82 Å². The zero-order chi connectivity index (χ0) is 16.3. The van der Waals surface area contributed by atoms with Gasteiger partial charge >= 0.3 is 6.03 Å². The van der Waals surface area contributed by atoms with Crippen molar-refractivity contribution in [2.45, 2.75) is 26.8 Å². The summed E-state index contributed by atoms with van der Waals surface area (Å²) >= 11 is 0. The number of aryl methyl sites for hydroxylation is 2. The van der Waals surface area contributed by atoms with Crippen LogP contribution in [0, 0.1) is 19.7 Å². The lowest BCUT2D eigenvalue weighted by Crippen LogP contribution is -2.34. The zero-order valence-electron chi connectivity index (χ0n) is 13.4. The number of urea groups is 1. The molecular weight excluding hydrogens is 279 g/mol. The fraction of sp³-hybridized carbons (Fsp3) is 0.278. The molecule has 3 nitrogen and oxygen atoms in total. The molecule has 2 rings (SSSR count). The van der Waals surface area contributed by atoms with E-state index in [0.717, 1.165) is 16.8 Å². The molecule has 0 aliphatic carbocycles. The molecule has 0 bridgehead atoms. The highest BCUT2D eigenvalue weighted by Gasteiger charge is 2.20. The molecular formula is C18H21FN2O. The molecule has 2 aromatic carbocycles. The van der Waals surface area contributed by atoms with Gasteiger partial charge in [0, 0.05) is 18.3 Å². The molecule has 4 heteroatoms. The fourth-order valence-electron chi connectivity index (χ4n) is 2.36. The van der Waals surface area contributed by atoms with Crippen molar-refractivity contribution in [3.8, 4) is 0 Å². The van der Waals surface area contributed by atoms with E-state index in [0.29, 0.717) is 5.56 Å². The van der Waals surface area contributed by atoms with Crippen molar-refractivity contribution in [1.29, 1.82) is 0 Å². The molecule has 0 aliphatic heterocycles. The first-order valence-corrected chi connectivity index (χ1v) is 7.25. The van der Waals surface area contributed by atoms with E-state index in [2.05, 4.69) is 5.32 Å². The Hall–Kier alpha value is -2.36. The van der Waals surface area contributed by atoms with Crippen LogP contribution in [0.15, 0.2) is 42.5 Å². The van der Waals surface area contributed by atoms with Crippen molar-refractivity contribution in [1.82, 2.24) is 4.90 Å². The highest BCUT2D eigenvalue weighted by Crippen LogP contribution is 2.23. The van der Waals surface area contributed by atoms with Gasteiger partial charge in [0.15, 0.2) is 0 Å². The number of rotatable bonds is 3. The Kier molecular flexibility index (Phi) is 4.81. The Labute approximate surface area is 130 Å². The smallest absolute Gasteiger partial charge is 0.321 e. The average molecular weight is 300 g/mol. The van der Waals surface area contributed by atoms with Crippen molar-refractivity contribution >= 4 is 11.7 Å². The summed E-state index contributed by atoms with van der Waals surface area (Å²) in [6.45, 7) is 5.76. The summed E-state index contributed by atoms with van der Waals surface area (Å²) in [6, 6.07) is 11.7. The van der Waals surface area contributed by atoms with Crippen LogP contribution in [0.3, 0.4) is 0 Å². The van der Waals surface area contributed by atoms with Crippen LogP contribution < -0.4 is 5.32 Å². The normalized spacial score (nSPS) is 11.9. The van der Waals surface area contributed by atoms with Gasteiger partial charge in [-0.05, 0) is 38.5 Å². The second-order valence-electron chi connectivity index (χ2n) is 5.56. The maximum absolute atomic E-state index is 13.8. The van der Waals surface area contributed by atoms with Crippen LogP contribution in [-0.4, -0.2) is 18.0 Å². The zero-order valence-corrected chi connectivity index (χ0v) is 13.4. The summed E-state index contributed by atoms with van der Waals surface area (Å²) in [5.41, 5.74) is 3.41. The van der Waals surface area contributed by atoms with Gasteiger partial charge in [-0.15, -0.1) is 0 Å². The SMILES string of the molecule is Cc1ccc(NC(=O)N(C)C(C)c2ccccc2F)c(C)c1. The second-order valence-corrected chi connectivity index (χ2v) is 5.56. The molecule has 116 valence electrons. The van der Waals surface area contributed by atoms with Crippen LogP contribution in [0.1, 0.15) is 29.7 Å². The van der Waals surface area contributed by atoms with Gasteiger partial charge in [0.2, 0.25) is 0 Å². The van der Waals surface area contributed by atoms with E-state index in [4.69, 9.17) is 0 Å². The first kappa shape index (κ1) is 16.0. The lowest BCUT2D eigenvalue weighted by atomic mass is 10.1. The Morgan fingerprint density at radius 1 is 1.18 bits per heavy atom. The summed E-state index contributed by atoms with van der Waals surface area (Å²) in [6.07, 6.45) is 0. The summed E-state index contributed by atoms with van der Waals surface area (Å²) in [7, 11) is 1.66. The summed E-state index contributed by atoms with van der Waals surface area (Å²) in [5, 5.41) is 2.87. The van der Waals surface area contributed by atoms with Gasteiger partial charge < -0.3 is 10.2 Å². The lowest BCUT2D eigenvalue weighted by Gasteiger charge is -2.26. The molecule has 0 saturated carbocycles. The van der Waals surface area contributed by atoms with Crippen LogP contribution in [0.2, 0.25) is 0 Å². The van der Waals surface area contributed by atoms with Crippen molar-refractivity contribution in [3.63, 3.8) is 0 Å². The third-order valence-corrected chi connectivity index (χ3v) is 3.88. The maximum atomic E-state index is 13.8. The van der Waals surface area contributed by atoms with Gasteiger partial charge in [-0.1, -0.05) is 35.9 Å². The highest BCUT2D eigenvalue weighted by molar-refractivity contribution is 5.90. The molecule has 2 aromatic rings. The Bertz CT molecular complexity index is 685. The van der Waals surface area contributed by atoms with Gasteiger partial charge in [-0.3, -0.25) is 0 Å². The standard InChI is InChI=1S/C18H21FN2O/c1-12-9-10-17(13(2)11-12)20-18(22)21(4)14(3)15-7-5-6-8-16(15)19/h5-11,14H,1-4H3,(H,20,22). The van der Waals surface area contributed by atoms with E-state index in [9.17, 15) is 9.18 Å². The number of carbonyl (C=O) groups excluding carboxylic acids is 1. The summed E-state index contributed by atoms with van der Waals surface area (Å²) in [5.74, 6) is -0.304. The van der Waals surface area contributed by atoms with E-state index in [1.54, 1.807) is 32.2 Å². The average Bonchev–Trinajstić information content (AvgIpc) is 2.49. The quantitative estimate of drug-likeness (QED) is 0.878. The number of nitrogens with one attached hydrogen (secondary N) is 1.